The maximum Gasteiger partial charge on any atom is 0.360 e. The zero-order valence-electron chi connectivity index (χ0n) is 23.1. The first kappa shape index (κ1) is 30.0. The molecule has 1 aliphatic rings. The predicted molar refractivity (Wildman–Crippen MR) is 163 cm³/mol. The van der Waals surface area contributed by atoms with Gasteiger partial charge in [-0.1, -0.05) is 29.8 Å². The summed E-state index contributed by atoms with van der Waals surface area (Å²) in [6.07, 6.45) is 0. The fourth-order valence-electron chi connectivity index (χ4n) is 4.33. The summed E-state index contributed by atoms with van der Waals surface area (Å²) in [5.41, 5.74) is 1.67. The number of rotatable bonds is 10. The van der Waals surface area contributed by atoms with Crippen molar-refractivity contribution in [2.45, 2.75) is 0 Å². The molecule has 0 saturated carbocycles. The van der Waals surface area contributed by atoms with E-state index in [0.717, 1.165) is 17.4 Å². The first-order valence-electron chi connectivity index (χ1n) is 13.3. The molecule has 13 nitrogen and oxygen atoms in total. The minimum absolute atomic E-state index is 0.0296. The highest BCUT2D eigenvalue weighted by molar-refractivity contribution is 7.74. The Hall–Kier alpha value is -4.46. The molecular formula is C28H28ClN8O5S+. The number of ether oxygens (including phenoxy) is 2. The molecule has 222 valence electrons. The molecule has 1 fully saturated rings. The van der Waals surface area contributed by atoms with Gasteiger partial charge < -0.3 is 14.8 Å². The van der Waals surface area contributed by atoms with Crippen LogP contribution in [-0.4, -0.2) is 75.7 Å². The topological polar surface area (TPSA) is 153 Å². The summed E-state index contributed by atoms with van der Waals surface area (Å²) < 4.78 is 37.1. The van der Waals surface area contributed by atoms with Crippen LogP contribution in [0.25, 0.3) is 11.0 Å². The van der Waals surface area contributed by atoms with Crippen LogP contribution in [-0.2, 0) is 15.6 Å². The summed E-state index contributed by atoms with van der Waals surface area (Å²) in [6.45, 7) is 4.07. The van der Waals surface area contributed by atoms with Crippen LogP contribution in [0.5, 0.6) is 5.75 Å². The highest BCUT2D eigenvalue weighted by Crippen LogP contribution is 2.36. The molecular weight excluding hydrogens is 596 g/mol. The van der Waals surface area contributed by atoms with E-state index in [0.29, 0.717) is 53.8 Å². The van der Waals surface area contributed by atoms with Crippen LogP contribution in [0.2, 0.25) is 5.02 Å². The van der Waals surface area contributed by atoms with Crippen molar-refractivity contribution in [1.29, 1.82) is 0 Å². The lowest BCUT2D eigenvalue weighted by atomic mass is 10.2. The summed E-state index contributed by atoms with van der Waals surface area (Å²) in [7, 11) is -1.78. The predicted octanol–water partition coefficient (Wildman–Crippen LogP) is 4.14. The molecule has 2 heterocycles. The van der Waals surface area contributed by atoms with E-state index in [-0.39, 0.29) is 22.9 Å². The average Bonchev–Trinajstić information content (AvgIpc) is 3.02. The van der Waals surface area contributed by atoms with Gasteiger partial charge in [0, 0.05) is 25.7 Å². The standard InChI is InChI=1S/C28H27ClN8O5S/c1-41-21-9-10-22(29)25(18-21)32-26-27(33-24-8-3-2-7-23(24)31-26)37(43(39)40)20-6-4-5-19(17-20)28(38)34-35-30-11-12-36-13-15-42-16-14-36/h2-10,17-18,43H,11-16H2,1H3/p+1. The van der Waals surface area contributed by atoms with Gasteiger partial charge in [-0.25, -0.2) is 22.7 Å². The van der Waals surface area contributed by atoms with Crippen LogP contribution in [0.3, 0.4) is 0 Å². The molecule has 0 radical (unpaired) electrons. The molecule has 15 heteroatoms. The third kappa shape index (κ3) is 7.49. The molecule has 4 aromatic rings. The maximum absolute atomic E-state index is 12.8. The van der Waals surface area contributed by atoms with Crippen LogP contribution >= 0.6 is 11.6 Å². The second kappa shape index (κ2) is 14.1. The molecule has 1 N–H and O–H groups in total. The Morgan fingerprint density at radius 3 is 2.60 bits per heavy atom. The van der Waals surface area contributed by atoms with E-state index in [1.807, 2.05) is 0 Å². The summed E-state index contributed by atoms with van der Waals surface area (Å²) in [5, 5.41) is 11.1. The number of hydrogen-bond donors (Lipinski definition) is 2. The van der Waals surface area contributed by atoms with Crippen molar-refractivity contribution in [1.82, 2.24) is 19.8 Å². The van der Waals surface area contributed by atoms with Crippen LogP contribution in [0.1, 0.15) is 10.4 Å². The molecule has 0 spiro atoms. The molecule has 3 aromatic carbocycles. The lowest BCUT2D eigenvalue weighted by Gasteiger charge is -2.24. The number of aromatic nitrogens is 2. The number of hydrogen-bond acceptors (Lipinski definition) is 10. The van der Waals surface area contributed by atoms with Crippen LogP contribution in [0.15, 0.2) is 77.0 Å². The number of benzene rings is 3. The Morgan fingerprint density at radius 1 is 1.09 bits per heavy atom. The minimum Gasteiger partial charge on any atom is -0.497 e. The summed E-state index contributed by atoms with van der Waals surface area (Å²) >= 11 is 6.42. The third-order valence-electron chi connectivity index (χ3n) is 6.50. The van der Waals surface area contributed by atoms with Crippen LogP contribution in [0, 0.1) is 0 Å². The van der Waals surface area contributed by atoms with Gasteiger partial charge in [0.1, 0.15) is 17.4 Å². The summed E-state index contributed by atoms with van der Waals surface area (Å²) in [4.78, 5) is 27.9. The van der Waals surface area contributed by atoms with E-state index in [2.05, 4.69) is 35.3 Å². The van der Waals surface area contributed by atoms with E-state index in [1.165, 1.54) is 25.3 Å². The summed E-state index contributed by atoms with van der Waals surface area (Å²) in [5.74, 6) is -0.0621. The van der Waals surface area contributed by atoms with Crippen molar-refractivity contribution >= 4 is 62.4 Å². The van der Waals surface area contributed by atoms with E-state index in [1.54, 1.807) is 48.5 Å². The largest absolute Gasteiger partial charge is 0.497 e. The molecule has 1 saturated heterocycles. The van der Waals surface area contributed by atoms with Crippen LogP contribution < -0.4 is 19.3 Å². The molecule has 1 aromatic heterocycles. The maximum atomic E-state index is 12.8. The van der Waals surface area contributed by atoms with Crippen molar-refractivity contribution < 1.29 is 22.7 Å². The number of halogens is 1. The minimum atomic E-state index is -3.30. The number of methoxy groups -OCH3 is 1. The van der Waals surface area contributed by atoms with E-state index >= 15 is 0 Å². The van der Waals surface area contributed by atoms with Crippen molar-refractivity contribution in [3.63, 3.8) is 0 Å². The van der Waals surface area contributed by atoms with Gasteiger partial charge >= 0.3 is 5.91 Å². The number of thiol groups is 1. The normalized spacial score (nSPS) is 13.4. The summed E-state index contributed by atoms with van der Waals surface area (Å²) in [6, 6.07) is 18.0. The van der Waals surface area contributed by atoms with Gasteiger partial charge in [-0.3, -0.25) is 9.69 Å². The number of nitrogens with zero attached hydrogens (tertiary/aromatic N) is 7. The Labute approximate surface area is 253 Å². The SMILES string of the molecule is COc1ccc(Cl)c(Nc2nc3ccccc3nc2N(c2cccc(C(=O)N=[N+]=NCCN3CCOCC3)c2)[SH](=O)=O)c1. The molecule has 0 aliphatic carbocycles. The quantitative estimate of drug-likeness (QED) is 0.151. The van der Waals surface area contributed by atoms with Crippen molar-refractivity contribution in [2.24, 2.45) is 10.2 Å². The number of nitrogens with one attached hydrogen (secondary N) is 1. The number of carbonyl (C=O) groups excluding carboxylic acids is 1. The van der Waals surface area contributed by atoms with Gasteiger partial charge in [0.15, 0.2) is 11.6 Å². The average molecular weight is 624 g/mol. The number of fused-ring (bicyclic) bond motifs is 1. The van der Waals surface area contributed by atoms with Gasteiger partial charge in [-0.2, -0.15) is 0 Å². The number of carbonyl (C=O) groups is 1. The fourth-order valence-corrected chi connectivity index (χ4v) is 5.10. The number of morpholine rings is 1. The molecule has 1 amide bonds. The van der Waals surface area contributed by atoms with Gasteiger partial charge in [-0.15, -0.1) is 0 Å². The zero-order chi connectivity index (χ0) is 30.2. The van der Waals surface area contributed by atoms with Gasteiger partial charge in [0.2, 0.25) is 20.9 Å². The number of amides is 1. The van der Waals surface area contributed by atoms with Crippen molar-refractivity contribution in [3.05, 3.63) is 77.3 Å². The smallest absolute Gasteiger partial charge is 0.360 e. The first-order valence-corrected chi connectivity index (χ1v) is 14.8. The first-order chi connectivity index (χ1) is 20.9. The van der Waals surface area contributed by atoms with Crippen molar-refractivity contribution in [2.75, 3.05) is 56.1 Å². The highest BCUT2D eigenvalue weighted by Gasteiger charge is 2.23. The van der Waals surface area contributed by atoms with Crippen molar-refractivity contribution in [3.8, 4) is 5.75 Å². The monoisotopic (exact) mass is 623 g/mol. The molecule has 0 unspecified atom stereocenters. The molecule has 0 atom stereocenters. The fraction of sp³-hybridized carbons (Fsp3) is 0.250. The number of para-hydroxylation sites is 2. The lowest BCUT2D eigenvalue weighted by Crippen LogP contribution is -2.37. The Kier molecular flexibility index (Phi) is 9.87. The Morgan fingerprint density at radius 2 is 1.86 bits per heavy atom. The number of anilines is 4. The third-order valence-corrected chi connectivity index (χ3v) is 7.58. The van der Waals surface area contributed by atoms with Gasteiger partial charge in [0.05, 0.1) is 53.3 Å². The second-order valence-electron chi connectivity index (χ2n) is 9.27. The Balaban J connectivity index is 1.46. The molecule has 1 aliphatic heterocycles. The van der Waals surface area contributed by atoms with Gasteiger partial charge in [-0.05, 0) is 42.5 Å². The molecule has 5 rings (SSSR count). The second-order valence-corrected chi connectivity index (χ2v) is 10.6. The van der Waals surface area contributed by atoms with Crippen LogP contribution in [0.4, 0.5) is 23.0 Å². The Bertz CT molecular complexity index is 1770. The lowest BCUT2D eigenvalue weighted by molar-refractivity contribution is 0.0392. The van der Waals surface area contributed by atoms with E-state index < -0.39 is 16.8 Å². The van der Waals surface area contributed by atoms with E-state index in [4.69, 9.17) is 21.1 Å². The molecule has 43 heavy (non-hydrogen) atoms. The van der Waals surface area contributed by atoms with Gasteiger partial charge in [0.25, 0.3) is 0 Å². The van der Waals surface area contributed by atoms with E-state index in [9.17, 15) is 13.2 Å². The molecule has 0 bridgehead atoms. The highest BCUT2D eigenvalue weighted by atomic mass is 35.5. The zero-order valence-corrected chi connectivity index (χ0v) is 24.7.